The number of rotatable bonds is 3. The van der Waals surface area contributed by atoms with Crippen LogP contribution in [-0.4, -0.2) is 57.1 Å². The Morgan fingerprint density at radius 1 is 1.31 bits per heavy atom. The quantitative estimate of drug-likeness (QED) is 0.885. The number of nitrogens with zero attached hydrogens (tertiary/aromatic N) is 5. The molecule has 0 bridgehead atoms. The number of hydrogen-bond donors (Lipinski definition) is 1. The van der Waals surface area contributed by atoms with E-state index in [0.29, 0.717) is 18.0 Å². The Balaban J connectivity index is 1.66. The molecule has 0 atom stereocenters. The molecule has 0 unspecified atom stereocenters. The highest BCUT2D eigenvalue weighted by atomic mass is 32.1. The molecular weight excluding hydrogens is 352 g/mol. The minimum atomic E-state index is -0.124. The number of aryl methyl sites for hydroxylation is 3. The van der Waals surface area contributed by atoms with Gasteiger partial charge in [-0.15, -0.1) is 11.3 Å². The molecule has 2 aromatic rings. The monoisotopic (exact) mass is 376 g/mol. The number of carbonyl (C=O) groups is 2. The van der Waals surface area contributed by atoms with E-state index in [1.165, 1.54) is 11.3 Å². The van der Waals surface area contributed by atoms with E-state index < -0.39 is 0 Å². The average molecular weight is 376 g/mol. The lowest BCUT2D eigenvalue weighted by Crippen LogP contribution is -2.38. The maximum atomic E-state index is 12.3. The number of hydrogen-bond acceptors (Lipinski definition) is 5. The molecule has 8 nitrogen and oxygen atoms in total. The van der Waals surface area contributed by atoms with Gasteiger partial charge < -0.3 is 15.1 Å². The fourth-order valence-electron chi connectivity index (χ4n) is 3.05. The topological polar surface area (TPSA) is 83.4 Å². The van der Waals surface area contributed by atoms with E-state index in [0.717, 1.165) is 41.6 Å². The van der Waals surface area contributed by atoms with Crippen LogP contribution in [0.4, 0.5) is 4.79 Å². The lowest BCUT2D eigenvalue weighted by Gasteiger charge is -2.23. The van der Waals surface area contributed by atoms with Crippen LogP contribution in [0.15, 0.2) is 6.07 Å². The molecule has 0 radical (unpaired) electrons. The van der Waals surface area contributed by atoms with Gasteiger partial charge in [-0.1, -0.05) is 0 Å². The Morgan fingerprint density at radius 2 is 2.08 bits per heavy atom. The fraction of sp³-hybridized carbons (Fsp3) is 0.529. The van der Waals surface area contributed by atoms with Gasteiger partial charge in [0, 0.05) is 27.2 Å². The summed E-state index contributed by atoms with van der Waals surface area (Å²) in [5.74, 6) is -0.124. The van der Waals surface area contributed by atoms with Gasteiger partial charge >= 0.3 is 6.03 Å². The van der Waals surface area contributed by atoms with Gasteiger partial charge in [0.1, 0.15) is 4.88 Å². The highest BCUT2D eigenvalue weighted by Gasteiger charge is 2.22. The number of aromatic nitrogens is 3. The van der Waals surface area contributed by atoms with Gasteiger partial charge in [-0.05, 0) is 26.3 Å². The summed E-state index contributed by atoms with van der Waals surface area (Å²) in [6.45, 7) is 6.11. The molecular formula is C17H24N6O2S. The van der Waals surface area contributed by atoms with E-state index in [2.05, 4.69) is 15.4 Å². The van der Waals surface area contributed by atoms with Crippen LogP contribution in [-0.2, 0) is 19.6 Å². The molecule has 2 aromatic heterocycles. The summed E-state index contributed by atoms with van der Waals surface area (Å²) in [5.41, 5.74) is 2.54. The standard InChI is InChI=1S/C17H24N6O2S/c1-11-15(26-12(2)19-11)16(24)18-9-13-8-14-10-22(17(25)21(3)4)6-5-7-23(14)20-13/h8H,5-7,9-10H2,1-4H3,(H,18,24). The first kappa shape index (κ1) is 18.4. The smallest absolute Gasteiger partial charge is 0.319 e. The van der Waals surface area contributed by atoms with Crippen molar-refractivity contribution in [1.29, 1.82) is 0 Å². The van der Waals surface area contributed by atoms with Gasteiger partial charge in [0.25, 0.3) is 5.91 Å². The molecule has 0 aliphatic carbocycles. The van der Waals surface area contributed by atoms with Crippen LogP contribution < -0.4 is 5.32 Å². The zero-order valence-electron chi connectivity index (χ0n) is 15.6. The van der Waals surface area contributed by atoms with Crippen LogP contribution in [0.1, 0.15) is 38.2 Å². The van der Waals surface area contributed by atoms with Crippen molar-refractivity contribution in [3.63, 3.8) is 0 Å². The van der Waals surface area contributed by atoms with Gasteiger partial charge in [0.05, 0.1) is 35.2 Å². The van der Waals surface area contributed by atoms with E-state index >= 15 is 0 Å². The highest BCUT2D eigenvalue weighted by molar-refractivity contribution is 7.13. The van der Waals surface area contributed by atoms with Crippen LogP contribution in [0.2, 0.25) is 0 Å². The summed E-state index contributed by atoms with van der Waals surface area (Å²) in [7, 11) is 3.52. The van der Waals surface area contributed by atoms with E-state index in [4.69, 9.17) is 0 Å². The lowest BCUT2D eigenvalue weighted by atomic mass is 10.3. The normalized spacial score (nSPS) is 13.9. The molecule has 0 saturated carbocycles. The van der Waals surface area contributed by atoms with Crippen LogP contribution in [0.3, 0.4) is 0 Å². The van der Waals surface area contributed by atoms with Gasteiger partial charge in [0.2, 0.25) is 0 Å². The van der Waals surface area contributed by atoms with Crippen molar-refractivity contribution in [2.24, 2.45) is 0 Å². The Labute approximate surface area is 156 Å². The molecule has 0 fully saturated rings. The largest absolute Gasteiger partial charge is 0.346 e. The molecule has 1 aliphatic heterocycles. The minimum absolute atomic E-state index is 0.00513. The van der Waals surface area contributed by atoms with E-state index in [-0.39, 0.29) is 11.9 Å². The molecule has 1 aliphatic rings. The fourth-order valence-corrected chi connectivity index (χ4v) is 3.88. The first-order valence-corrected chi connectivity index (χ1v) is 9.41. The summed E-state index contributed by atoms with van der Waals surface area (Å²) in [4.78, 5) is 32.9. The number of thiazole rings is 1. The van der Waals surface area contributed by atoms with E-state index in [1.807, 2.05) is 29.5 Å². The molecule has 3 rings (SSSR count). The molecule has 9 heteroatoms. The van der Waals surface area contributed by atoms with Crippen molar-refractivity contribution in [1.82, 2.24) is 29.9 Å². The summed E-state index contributed by atoms with van der Waals surface area (Å²) in [6, 6.07) is 1.97. The molecule has 0 saturated heterocycles. The van der Waals surface area contributed by atoms with Crippen LogP contribution >= 0.6 is 11.3 Å². The van der Waals surface area contributed by atoms with Crippen molar-refractivity contribution < 1.29 is 9.59 Å². The van der Waals surface area contributed by atoms with Crippen molar-refractivity contribution in [2.75, 3.05) is 20.6 Å². The SMILES string of the molecule is Cc1nc(C)c(C(=O)NCc2cc3n(n2)CCCN(C(=O)N(C)C)C3)s1. The maximum Gasteiger partial charge on any atom is 0.319 e. The third kappa shape index (κ3) is 3.87. The van der Waals surface area contributed by atoms with Gasteiger partial charge in [-0.2, -0.15) is 5.10 Å². The summed E-state index contributed by atoms with van der Waals surface area (Å²) in [5, 5.41) is 8.38. The van der Waals surface area contributed by atoms with Gasteiger partial charge in [0.15, 0.2) is 0 Å². The summed E-state index contributed by atoms with van der Waals surface area (Å²) < 4.78 is 1.94. The second-order valence-electron chi connectivity index (χ2n) is 6.63. The summed E-state index contributed by atoms with van der Waals surface area (Å²) >= 11 is 1.40. The molecule has 3 heterocycles. The second kappa shape index (κ2) is 7.45. The Kier molecular flexibility index (Phi) is 5.26. The number of urea groups is 1. The number of nitrogens with one attached hydrogen (secondary N) is 1. The molecule has 140 valence electrons. The molecule has 0 spiro atoms. The Morgan fingerprint density at radius 3 is 2.73 bits per heavy atom. The first-order valence-electron chi connectivity index (χ1n) is 8.59. The second-order valence-corrected chi connectivity index (χ2v) is 7.84. The first-order chi connectivity index (χ1) is 12.3. The predicted molar refractivity (Wildman–Crippen MR) is 99.1 cm³/mol. The molecule has 0 aromatic carbocycles. The zero-order valence-corrected chi connectivity index (χ0v) is 16.4. The van der Waals surface area contributed by atoms with Gasteiger partial charge in [-0.25, -0.2) is 9.78 Å². The van der Waals surface area contributed by atoms with Crippen LogP contribution in [0.5, 0.6) is 0 Å². The Hall–Kier alpha value is -2.42. The van der Waals surface area contributed by atoms with Crippen molar-refractivity contribution in [2.45, 2.75) is 39.9 Å². The third-order valence-electron chi connectivity index (χ3n) is 4.26. The van der Waals surface area contributed by atoms with Crippen LogP contribution in [0.25, 0.3) is 0 Å². The van der Waals surface area contributed by atoms with Crippen LogP contribution in [0, 0.1) is 13.8 Å². The summed E-state index contributed by atoms with van der Waals surface area (Å²) in [6.07, 6.45) is 0.861. The molecule has 1 N–H and O–H groups in total. The van der Waals surface area contributed by atoms with E-state index in [1.54, 1.807) is 19.0 Å². The van der Waals surface area contributed by atoms with Crippen molar-refractivity contribution in [3.8, 4) is 0 Å². The number of amides is 3. The highest BCUT2D eigenvalue weighted by Crippen LogP contribution is 2.18. The minimum Gasteiger partial charge on any atom is -0.346 e. The predicted octanol–water partition coefficient (Wildman–Crippen LogP) is 1.77. The number of carbonyl (C=O) groups excluding carboxylic acids is 2. The molecule has 3 amide bonds. The molecule has 26 heavy (non-hydrogen) atoms. The van der Waals surface area contributed by atoms with Crippen molar-refractivity contribution in [3.05, 3.63) is 33.0 Å². The average Bonchev–Trinajstić information content (AvgIpc) is 3.07. The lowest BCUT2D eigenvalue weighted by molar-refractivity contribution is 0.0953. The maximum absolute atomic E-state index is 12.3. The van der Waals surface area contributed by atoms with Gasteiger partial charge in [-0.3, -0.25) is 9.48 Å². The van der Waals surface area contributed by atoms with Crippen molar-refractivity contribution >= 4 is 23.3 Å². The van der Waals surface area contributed by atoms with E-state index in [9.17, 15) is 9.59 Å². The zero-order chi connectivity index (χ0) is 18.8. The third-order valence-corrected chi connectivity index (χ3v) is 5.33. The Bertz CT molecular complexity index is 825. The number of fused-ring (bicyclic) bond motifs is 1.